The average molecular weight is 256 g/mol. The van der Waals surface area contributed by atoms with Crippen molar-refractivity contribution < 1.29 is 0 Å². The van der Waals surface area contributed by atoms with Crippen LogP contribution in [0.5, 0.6) is 0 Å². The molecule has 1 saturated carbocycles. The minimum absolute atomic E-state index is 0.206. The molecule has 2 unspecified atom stereocenters. The molecular weight excluding hydrogens is 238 g/mol. The molecule has 0 saturated heterocycles. The van der Waals surface area contributed by atoms with Gasteiger partial charge in [0.1, 0.15) is 5.02 Å². The van der Waals surface area contributed by atoms with Crippen molar-refractivity contribution in [1.29, 1.82) is 0 Å². The molecule has 0 aliphatic heterocycles. The second-order valence-electron chi connectivity index (χ2n) is 4.88. The molecule has 94 valence electrons. The minimum Gasteiger partial charge on any atom is -0.380 e. The summed E-state index contributed by atoms with van der Waals surface area (Å²) in [5.74, 6) is 0.801. The normalized spacial score (nSPS) is 25.3. The highest BCUT2D eigenvalue weighted by molar-refractivity contribution is 6.32. The Hall–Kier alpha value is -1.03. The SMILES string of the molecule is CC1CCCC(Nc2cn[nH]c(=O)c2Cl)CC1. The molecule has 0 aromatic carbocycles. The van der Waals surface area contributed by atoms with Gasteiger partial charge in [-0.25, -0.2) is 5.10 Å². The summed E-state index contributed by atoms with van der Waals surface area (Å²) in [6.45, 7) is 2.30. The second-order valence-corrected chi connectivity index (χ2v) is 5.26. The van der Waals surface area contributed by atoms with Gasteiger partial charge in [0, 0.05) is 6.04 Å². The van der Waals surface area contributed by atoms with Gasteiger partial charge in [0.15, 0.2) is 0 Å². The lowest BCUT2D eigenvalue weighted by Crippen LogP contribution is -2.21. The molecule has 1 aromatic heterocycles. The highest BCUT2D eigenvalue weighted by Crippen LogP contribution is 2.26. The Bertz CT molecular complexity index is 432. The number of halogens is 1. The lowest BCUT2D eigenvalue weighted by Gasteiger charge is -2.17. The highest BCUT2D eigenvalue weighted by atomic mass is 35.5. The van der Waals surface area contributed by atoms with Crippen molar-refractivity contribution in [1.82, 2.24) is 10.2 Å². The first kappa shape index (κ1) is 12.4. The molecule has 4 nitrogen and oxygen atoms in total. The maximum absolute atomic E-state index is 11.3. The highest BCUT2D eigenvalue weighted by Gasteiger charge is 2.17. The fourth-order valence-electron chi connectivity index (χ4n) is 2.34. The Morgan fingerprint density at radius 3 is 3.06 bits per heavy atom. The fraction of sp³-hybridized carbons (Fsp3) is 0.667. The number of aromatic amines is 1. The molecule has 17 heavy (non-hydrogen) atoms. The molecule has 0 amide bonds. The van der Waals surface area contributed by atoms with E-state index in [9.17, 15) is 4.79 Å². The maximum Gasteiger partial charge on any atom is 0.285 e. The molecule has 0 spiro atoms. The van der Waals surface area contributed by atoms with E-state index < -0.39 is 0 Å². The van der Waals surface area contributed by atoms with Crippen LogP contribution in [-0.2, 0) is 0 Å². The number of nitrogens with one attached hydrogen (secondary N) is 2. The smallest absolute Gasteiger partial charge is 0.285 e. The van der Waals surface area contributed by atoms with Crippen LogP contribution in [0.15, 0.2) is 11.0 Å². The molecular formula is C12H18ClN3O. The first-order valence-electron chi connectivity index (χ1n) is 6.16. The van der Waals surface area contributed by atoms with Crippen molar-refractivity contribution in [3.8, 4) is 0 Å². The molecule has 1 fully saturated rings. The molecule has 1 aliphatic carbocycles. The topological polar surface area (TPSA) is 57.8 Å². The second kappa shape index (κ2) is 5.54. The van der Waals surface area contributed by atoms with Gasteiger partial charge in [-0.2, -0.15) is 5.10 Å². The fourth-order valence-corrected chi connectivity index (χ4v) is 2.48. The van der Waals surface area contributed by atoms with Gasteiger partial charge >= 0.3 is 0 Å². The van der Waals surface area contributed by atoms with Gasteiger partial charge in [-0.3, -0.25) is 4.79 Å². The third kappa shape index (κ3) is 3.22. The van der Waals surface area contributed by atoms with Crippen LogP contribution in [0.3, 0.4) is 0 Å². The van der Waals surface area contributed by atoms with Crippen LogP contribution >= 0.6 is 11.6 Å². The Kier molecular flexibility index (Phi) is 4.05. The van der Waals surface area contributed by atoms with E-state index in [0.717, 1.165) is 18.8 Å². The van der Waals surface area contributed by atoms with Crippen molar-refractivity contribution >= 4 is 17.3 Å². The van der Waals surface area contributed by atoms with Crippen molar-refractivity contribution in [3.63, 3.8) is 0 Å². The zero-order chi connectivity index (χ0) is 12.3. The summed E-state index contributed by atoms with van der Waals surface area (Å²) >= 11 is 5.94. The van der Waals surface area contributed by atoms with E-state index in [1.165, 1.54) is 19.3 Å². The van der Waals surface area contributed by atoms with E-state index >= 15 is 0 Å². The van der Waals surface area contributed by atoms with Crippen molar-refractivity contribution in [2.24, 2.45) is 5.92 Å². The maximum atomic E-state index is 11.3. The summed E-state index contributed by atoms with van der Waals surface area (Å²) in [5, 5.41) is 9.63. The van der Waals surface area contributed by atoms with Crippen molar-refractivity contribution in [2.75, 3.05) is 5.32 Å². The molecule has 5 heteroatoms. The van der Waals surface area contributed by atoms with Crippen LogP contribution in [0.25, 0.3) is 0 Å². The van der Waals surface area contributed by atoms with E-state index in [2.05, 4.69) is 22.4 Å². The Balaban J connectivity index is 2.05. The largest absolute Gasteiger partial charge is 0.380 e. The van der Waals surface area contributed by atoms with Crippen LogP contribution < -0.4 is 10.9 Å². The number of hydrogen-bond donors (Lipinski definition) is 2. The molecule has 2 atom stereocenters. The summed E-state index contributed by atoms with van der Waals surface area (Å²) in [4.78, 5) is 11.3. The number of nitrogens with zero attached hydrogens (tertiary/aromatic N) is 1. The quantitative estimate of drug-likeness (QED) is 0.799. The zero-order valence-electron chi connectivity index (χ0n) is 10.0. The summed E-state index contributed by atoms with van der Waals surface area (Å²) in [6, 6.07) is 0.404. The number of aromatic nitrogens is 2. The molecule has 0 bridgehead atoms. The van der Waals surface area contributed by atoms with Crippen molar-refractivity contribution in [2.45, 2.75) is 45.1 Å². The lowest BCUT2D eigenvalue weighted by atomic mass is 10.0. The minimum atomic E-state index is -0.335. The first-order chi connectivity index (χ1) is 8.16. The number of anilines is 1. The Morgan fingerprint density at radius 1 is 1.41 bits per heavy atom. The Morgan fingerprint density at radius 2 is 2.24 bits per heavy atom. The van der Waals surface area contributed by atoms with Gasteiger partial charge < -0.3 is 5.32 Å². The predicted octanol–water partition coefficient (Wildman–Crippen LogP) is 2.80. The number of rotatable bonds is 2. The van der Waals surface area contributed by atoms with E-state index in [1.807, 2.05) is 0 Å². The monoisotopic (exact) mass is 255 g/mol. The standard InChI is InChI=1S/C12H18ClN3O/c1-8-3-2-4-9(6-5-8)15-10-7-14-16-12(17)11(10)13/h7-9H,2-6H2,1H3,(H2,15,16,17). The van der Waals surface area contributed by atoms with E-state index in [0.29, 0.717) is 11.7 Å². The molecule has 1 heterocycles. The predicted molar refractivity (Wildman–Crippen MR) is 69.5 cm³/mol. The van der Waals surface area contributed by atoms with Crippen molar-refractivity contribution in [3.05, 3.63) is 21.6 Å². The van der Waals surface area contributed by atoms with E-state index in [-0.39, 0.29) is 10.6 Å². The third-order valence-electron chi connectivity index (χ3n) is 3.41. The van der Waals surface area contributed by atoms with Gasteiger partial charge in [0.05, 0.1) is 11.9 Å². The van der Waals surface area contributed by atoms with Gasteiger partial charge in [0.2, 0.25) is 0 Å². The summed E-state index contributed by atoms with van der Waals surface area (Å²) in [7, 11) is 0. The van der Waals surface area contributed by atoms with Gasteiger partial charge in [0.25, 0.3) is 5.56 Å². The number of hydrogen-bond acceptors (Lipinski definition) is 3. The molecule has 2 N–H and O–H groups in total. The summed E-state index contributed by atoms with van der Waals surface area (Å²) in [6.07, 6.45) is 7.59. The van der Waals surface area contributed by atoms with Crippen LogP contribution in [0, 0.1) is 5.92 Å². The first-order valence-corrected chi connectivity index (χ1v) is 6.54. The average Bonchev–Trinajstić information content (AvgIpc) is 2.50. The van der Waals surface area contributed by atoms with Gasteiger partial charge in [-0.1, -0.05) is 31.4 Å². The van der Waals surface area contributed by atoms with Crippen LogP contribution in [0.2, 0.25) is 5.02 Å². The van der Waals surface area contributed by atoms with E-state index in [4.69, 9.17) is 11.6 Å². The molecule has 1 aliphatic rings. The van der Waals surface area contributed by atoms with Gasteiger partial charge in [-0.15, -0.1) is 0 Å². The van der Waals surface area contributed by atoms with Crippen LogP contribution in [-0.4, -0.2) is 16.2 Å². The summed E-state index contributed by atoms with van der Waals surface area (Å²) in [5.41, 5.74) is 0.314. The van der Waals surface area contributed by atoms with Crippen LogP contribution in [0.1, 0.15) is 39.0 Å². The Labute approximate surface area is 106 Å². The molecule has 2 rings (SSSR count). The number of H-pyrrole nitrogens is 1. The molecule has 0 radical (unpaired) electrons. The summed E-state index contributed by atoms with van der Waals surface area (Å²) < 4.78 is 0. The lowest BCUT2D eigenvalue weighted by molar-refractivity contribution is 0.502. The molecule has 1 aromatic rings. The zero-order valence-corrected chi connectivity index (χ0v) is 10.8. The third-order valence-corrected chi connectivity index (χ3v) is 3.79. The van der Waals surface area contributed by atoms with Crippen LogP contribution in [0.4, 0.5) is 5.69 Å². The van der Waals surface area contributed by atoms with E-state index in [1.54, 1.807) is 6.20 Å². The van der Waals surface area contributed by atoms with Gasteiger partial charge in [-0.05, 0) is 25.2 Å².